The molecule has 7 heteroatoms. The number of carbonyl (C=O) groups is 1. The predicted octanol–water partition coefficient (Wildman–Crippen LogP) is 3.25. The van der Waals surface area contributed by atoms with Crippen molar-refractivity contribution in [2.45, 2.75) is 32.7 Å². The number of hydrogen-bond donors (Lipinski definition) is 3. The molecule has 0 spiro atoms. The van der Waals surface area contributed by atoms with Gasteiger partial charge in [0.25, 0.3) is 0 Å². The molecule has 0 aliphatic heterocycles. The van der Waals surface area contributed by atoms with Gasteiger partial charge in [0.05, 0.1) is 0 Å². The van der Waals surface area contributed by atoms with E-state index in [0.717, 1.165) is 18.1 Å². The van der Waals surface area contributed by atoms with Crippen LogP contribution in [-0.2, 0) is 4.79 Å². The average molecular weight is 439 g/mol. The molecule has 1 rings (SSSR count). The number of nitrogens with zero attached hydrogens (tertiary/aromatic N) is 1. The summed E-state index contributed by atoms with van der Waals surface area (Å²) in [6, 6.07) is 7.39. The van der Waals surface area contributed by atoms with Crippen LogP contribution in [0, 0.1) is 0 Å². The van der Waals surface area contributed by atoms with Crippen molar-refractivity contribution in [3.8, 4) is 0 Å². The van der Waals surface area contributed by atoms with Crippen molar-refractivity contribution in [2.24, 2.45) is 4.99 Å². The van der Waals surface area contributed by atoms with Crippen LogP contribution in [0.3, 0.4) is 0 Å². The molecule has 1 aromatic carbocycles. The third kappa shape index (κ3) is 9.09. The molecule has 0 heterocycles. The molecule has 22 heavy (non-hydrogen) atoms. The summed E-state index contributed by atoms with van der Waals surface area (Å²) in [5, 5.41) is 9.84. The summed E-state index contributed by atoms with van der Waals surface area (Å²) >= 11 is 5.79. The van der Waals surface area contributed by atoms with Gasteiger partial charge in [-0.1, -0.05) is 11.6 Å². The molecule has 0 aliphatic carbocycles. The topological polar surface area (TPSA) is 65.5 Å². The van der Waals surface area contributed by atoms with Crippen LogP contribution in [-0.4, -0.2) is 31.5 Å². The number of nitrogens with one attached hydrogen (secondary N) is 3. The molecule has 3 N–H and O–H groups in total. The van der Waals surface area contributed by atoms with E-state index in [2.05, 4.69) is 20.9 Å². The first-order chi connectivity index (χ1) is 10.0. The Balaban J connectivity index is 0.00000441. The van der Waals surface area contributed by atoms with Crippen molar-refractivity contribution < 1.29 is 4.79 Å². The number of amides is 1. The summed E-state index contributed by atoms with van der Waals surface area (Å²) < 4.78 is 0. The Kier molecular flexibility index (Phi) is 11.0. The molecular weight excluding hydrogens is 415 g/mol. The monoisotopic (exact) mass is 438 g/mol. The highest BCUT2D eigenvalue weighted by Crippen LogP contribution is 2.13. The number of aliphatic imine (C=N–C) groups is 1. The molecule has 0 saturated carbocycles. The smallest absolute Gasteiger partial charge is 0.224 e. The molecule has 0 bridgehead atoms. The van der Waals surface area contributed by atoms with Crippen LogP contribution in [0.4, 0.5) is 5.69 Å². The van der Waals surface area contributed by atoms with Gasteiger partial charge in [-0.2, -0.15) is 0 Å². The fourth-order valence-electron chi connectivity index (χ4n) is 1.68. The fourth-order valence-corrected chi connectivity index (χ4v) is 1.81. The van der Waals surface area contributed by atoms with Gasteiger partial charge in [-0.25, -0.2) is 0 Å². The van der Waals surface area contributed by atoms with E-state index in [1.165, 1.54) is 0 Å². The van der Waals surface area contributed by atoms with Crippen LogP contribution < -0.4 is 16.0 Å². The Morgan fingerprint density at radius 3 is 2.45 bits per heavy atom. The van der Waals surface area contributed by atoms with Gasteiger partial charge < -0.3 is 16.0 Å². The summed E-state index contributed by atoms with van der Waals surface area (Å²) in [6.07, 6.45) is 1.19. The highest BCUT2D eigenvalue weighted by atomic mass is 127. The third-order valence-electron chi connectivity index (χ3n) is 2.65. The van der Waals surface area contributed by atoms with E-state index in [1.54, 1.807) is 31.3 Å². The molecule has 1 amide bonds. The summed E-state index contributed by atoms with van der Waals surface area (Å²) in [4.78, 5) is 15.9. The van der Waals surface area contributed by atoms with Crippen LogP contribution >= 0.6 is 35.6 Å². The molecule has 0 saturated heterocycles. The zero-order chi connectivity index (χ0) is 15.7. The minimum Gasteiger partial charge on any atom is -0.356 e. The van der Waals surface area contributed by atoms with Gasteiger partial charge in [0.2, 0.25) is 5.91 Å². The van der Waals surface area contributed by atoms with Crippen molar-refractivity contribution in [3.05, 3.63) is 29.3 Å². The van der Waals surface area contributed by atoms with Gasteiger partial charge in [-0.15, -0.1) is 24.0 Å². The highest BCUT2D eigenvalue weighted by molar-refractivity contribution is 14.0. The van der Waals surface area contributed by atoms with Crippen molar-refractivity contribution in [1.82, 2.24) is 10.6 Å². The summed E-state index contributed by atoms with van der Waals surface area (Å²) in [6.45, 7) is 4.79. The number of anilines is 1. The second kappa shape index (κ2) is 11.5. The highest BCUT2D eigenvalue weighted by Gasteiger charge is 2.03. The first-order valence-corrected chi connectivity index (χ1v) is 7.41. The lowest BCUT2D eigenvalue weighted by Gasteiger charge is -2.14. The third-order valence-corrected chi connectivity index (χ3v) is 2.90. The zero-order valence-electron chi connectivity index (χ0n) is 13.1. The maximum Gasteiger partial charge on any atom is 0.224 e. The normalized spacial score (nSPS) is 10.9. The van der Waals surface area contributed by atoms with Gasteiger partial charge in [0.1, 0.15) is 0 Å². The van der Waals surface area contributed by atoms with Gasteiger partial charge in [0, 0.05) is 36.8 Å². The van der Waals surface area contributed by atoms with E-state index in [9.17, 15) is 4.79 Å². The maximum atomic E-state index is 11.8. The van der Waals surface area contributed by atoms with E-state index in [1.807, 2.05) is 13.8 Å². The minimum absolute atomic E-state index is 0. The van der Waals surface area contributed by atoms with Crippen molar-refractivity contribution in [1.29, 1.82) is 0 Å². The Morgan fingerprint density at radius 2 is 1.91 bits per heavy atom. The molecule has 0 atom stereocenters. The lowest BCUT2D eigenvalue weighted by atomic mass is 10.2. The number of halogens is 2. The van der Waals surface area contributed by atoms with E-state index in [0.29, 0.717) is 24.0 Å². The van der Waals surface area contributed by atoms with E-state index >= 15 is 0 Å². The number of rotatable bonds is 6. The lowest BCUT2D eigenvalue weighted by Crippen LogP contribution is -2.41. The lowest BCUT2D eigenvalue weighted by molar-refractivity contribution is -0.116. The van der Waals surface area contributed by atoms with Gasteiger partial charge in [-0.05, 0) is 44.5 Å². The standard InChI is InChI=1S/C15H23ClN4O.HI/c1-11(2)19-15(17-3)18-10-4-5-14(21)20-13-8-6-12(16)7-9-13;/h6-9,11H,4-5,10H2,1-3H3,(H,20,21)(H2,17,18,19);1H. The number of carbonyl (C=O) groups excluding carboxylic acids is 1. The van der Waals surface area contributed by atoms with Crippen molar-refractivity contribution in [3.63, 3.8) is 0 Å². The Bertz CT molecular complexity index is 477. The minimum atomic E-state index is -0.00840. The zero-order valence-corrected chi connectivity index (χ0v) is 16.2. The van der Waals surface area contributed by atoms with Gasteiger partial charge in [0.15, 0.2) is 5.96 Å². The quantitative estimate of drug-likeness (QED) is 0.276. The number of guanidine groups is 1. The maximum absolute atomic E-state index is 11.8. The van der Waals surface area contributed by atoms with Crippen molar-refractivity contribution in [2.75, 3.05) is 18.9 Å². The van der Waals surface area contributed by atoms with Gasteiger partial charge >= 0.3 is 0 Å². The predicted molar refractivity (Wildman–Crippen MR) is 104 cm³/mol. The SMILES string of the molecule is CN=C(NCCCC(=O)Nc1ccc(Cl)cc1)NC(C)C.I. The Morgan fingerprint density at radius 1 is 1.27 bits per heavy atom. The molecular formula is C15H24ClIN4O. The van der Waals surface area contributed by atoms with Gasteiger partial charge in [-0.3, -0.25) is 9.79 Å². The molecule has 0 fully saturated rings. The molecule has 5 nitrogen and oxygen atoms in total. The van der Waals surface area contributed by atoms with E-state index in [4.69, 9.17) is 11.6 Å². The summed E-state index contributed by atoms with van der Waals surface area (Å²) in [7, 11) is 1.73. The van der Waals surface area contributed by atoms with Crippen LogP contribution in [0.15, 0.2) is 29.3 Å². The summed E-state index contributed by atoms with van der Waals surface area (Å²) in [5.74, 6) is 0.744. The molecule has 124 valence electrons. The van der Waals surface area contributed by atoms with Crippen LogP contribution in [0.5, 0.6) is 0 Å². The summed E-state index contributed by atoms with van der Waals surface area (Å²) in [5.41, 5.74) is 0.759. The molecule has 1 aromatic rings. The first kappa shape index (κ1) is 21.0. The van der Waals surface area contributed by atoms with Crippen LogP contribution in [0.1, 0.15) is 26.7 Å². The van der Waals surface area contributed by atoms with E-state index in [-0.39, 0.29) is 29.9 Å². The Labute approximate surface area is 154 Å². The van der Waals surface area contributed by atoms with Crippen LogP contribution in [0.25, 0.3) is 0 Å². The fraction of sp³-hybridized carbons (Fsp3) is 0.467. The Hall–Kier alpha value is -1.02. The van der Waals surface area contributed by atoms with E-state index < -0.39 is 0 Å². The second-order valence-electron chi connectivity index (χ2n) is 4.96. The molecule has 0 aromatic heterocycles. The largest absolute Gasteiger partial charge is 0.356 e. The number of hydrogen-bond acceptors (Lipinski definition) is 2. The van der Waals surface area contributed by atoms with Crippen molar-refractivity contribution >= 4 is 53.1 Å². The van der Waals surface area contributed by atoms with Crippen LogP contribution in [0.2, 0.25) is 5.02 Å². The second-order valence-corrected chi connectivity index (χ2v) is 5.39. The number of benzene rings is 1. The first-order valence-electron chi connectivity index (χ1n) is 7.04. The molecule has 0 radical (unpaired) electrons. The molecule has 0 aliphatic rings. The average Bonchev–Trinajstić information content (AvgIpc) is 2.44. The molecule has 0 unspecified atom stereocenters.